The Morgan fingerprint density at radius 1 is 1.35 bits per heavy atom. The fraction of sp³-hybridized carbons (Fsp3) is 0.500. The molecule has 0 amide bonds. The highest BCUT2D eigenvalue weighted by atomic mass is 79.9. The second-order valence-corrected chi connectivity index (χ2v) is 7.87. The van der Waals surface area contributed by atoms with E-state index < -0.39 is 10.0 Å². The average Bonchev–Trinajstić information content (AvgIpc) is 2.38. The molecule has 1 aliphatic heterocycles. The maximum atomic E-state index is 12.6. The highest BCUT2D eigenvalue weighted by Crippen LogP contribution is 2.29. The molecule has 1 aromatic rings. The van der Waals surface area contributed by atoms with Gasteiger partial charge in [0.05, 0.1) is 5.02 Å². The van der Waals surface area contributed by atoms with Gasteiger partial charge in [-0.2, -0.15) is 4.31 Å². The summed E-state index contributed by atoms with van der Waals surface area (Å²) in [5.41, 5.74) is 0. The van der Waals surface area contributed by atoms with Gasteiger partial charge < -0.3 is 5.32 Å². The van der Waals surface area contributed by atoms with Gasteiger partial charge in [-0.05, 0) is 44.1 Å². The molecule has 114 valence electrons. The molecule has 0 saturated carbocycles. The molecular formula is C12H17BrCl2N2O2S. The van der Waals surface area contributed by atoms with Gasteiger partial charge >= 0.3 is 0 Å². The standard InChI is InChI=1S/C12H16BrClN2O2S.ClH/c1-16(10-4-6-15-7-5-10)19(17,18)12-3-2-9(13)8-11(12)14;/h2-3,8,10,15H,4-7H2,1H3;1H. The minimum atomic E-state index is -3.53. The Morgan fingerprint density at radius 3 is 2.50 bits per heavy atom. The lowest BCUT2D eigenvalue weighted by molar-refractivity contribution is 0.296. The van der Waals surface area contributed by atoms with Crippen LogP contribution in [-0.2, 0) is 10.0 Å². The lowest BCUT2D eigenvalue weighted by Crippen LogP contribution is -2.43. The molecule has 1 heterocycles. The first-order valence-corrected chi connectivity index (χ1v) is 8.68. The number of hydrogen-bond acceptors (Lipinski definition) is 3. The van der Waals surface area contributed by atoms with Crippen molar-refractivity contribution >= 4 is 50.0 Å². The summed E-state index contributed by atoms with van der Waals surface area (Å²) in [5.74, 6) is 0. The first-order chi connectivity index (χ1) is 8.93. The maximum Gasteiger partial charge on any atom is 0.244 e. The number of rotatable bonds is 3. The van der Waals surface area contributed by atoms with Gasteiger partial charge in [-0.1, -0.05) is 27.5 Å². The Kier molecular flexibility index (Phi) is 6.76. The number of benzene rings is 1. The summed E-state index contributed by atoms with van der Waals surface area (Å²) in [4.78, 5) is 0.165. The summed E-state index contributed by atoms with van der Waals surface area (Å²) >= 11 is 9.32. The molecule has 4 nitrogen and oxygen atoms in total. The van der Waals surface area contributed by atoms with Crippen LogP contribution in [0.1, 0.15) is 12.8 Å². The summed E-state index contributed by atoms with van der Waals surface area (Å²) in [5, 5.41) is 3.47. The van der Waals surface area contributed by atoms with Gasteiger partial charge in [0.15, 0.2) is 0 Å². The van der Waals surface area contributed by atoms with Gasteiger partial charge in [0, 0.05) is 17.6 Å². The third-order valence-electron chi connectivity index (χ3n) is 3.37. The lowest BCUT2D eigenvalue weighted by atomic mass is 10.1. The molecule has 8 heteroatoms. The summed E-state index contributed by atoms with van der Waals surface area (Å²) in [6, 6.07) is 4.87. The van der Waals surface area contributed by atoms with E-state index in [1.54, 1.807) is 25.2 Å². The van der Waals surface area contributed by atoms with Crippen molar-refractivity contribution in [1.82, 2.24) is 9.62 Å². The predicted octanol–water partition coefficient (Wildman–Crippen LogP) is 2.90. The molecule has 20 heavy (non-hydrogen) atoms. The molecule has 0 atom stereocenters. The highest BCUT2D eigenvalue weighted by Gasteiger charge is 2.30. The van der Waals surface area contributed by atoms with Crippen molar-refractivity contribution in [3.8, 4) is 0 Å². The van der Waals surface area contributed by atoms with Crippen molar-refractivity contribution in [1.29, 1.82) is 0 Å². The third-order valence-corrected chi connectivity index (χ3v) is 6.26. The van der Waals surface area contributed by atoms with E-state index in [-0.39, 0.29) is 28.4 Å². The maximum absolute atomic E-state index is 12.6. The number of nitrogens with one attached hydrogen (secondary N) is 1. The van der Waals surface area contributed by atoms with E-state index in [1.165, 1.54) is 4.31 Å². The molecule has 1 aliphatic rings. The van der Waals surface area contributed by atoms with Crippen LogP contribution in [0.2, 0.25) is 5.02 Å². The predicted molar refractivity (Wildman–Crippen MR) is 87.2 cm³/mol. The molecule has 0 radical (unpaired) electrons. The first-order valence-electron chi connectivity index (χ1n) is 6.07. The zero-order valence-corrected chi connectivity index (χ0v) is 14.9. The number of piperidine rings is 1. The Balaban J connectivity index is 0.00000200. The largest absolute Gasteiger partial charge is 0.317 e. The zero-order valence-electron chi connectivity index (χ0n) is 11.0. The van der Waals surface area contributed by atoms with Crippen LogP contribution >= 0.6 is 39.9 Å². The van der Waals surface area contributed by atoms with Crippen LogP contribution in [0.3, 0.4) is 0 Å². The molecule has 1 N–H and O–H groups in total. The first kappa shape index (κ1) is 18.2. The third kappa shape index (κ3) is 3.87. The van der Waals surface area contributed by atoms with Crippen molar-refractivity contribution in [2.24, 2.45) is 0 Å². The van der Waals surface area contributed by atoms with Gasteiger partial charge in [-0.25, -0.2) is 8.42 Å². The minimum Gasteiger partial charge on any atom is -0.317 e. The van der Waals surface area contributed by atoms with Crippen LogP contribution in [0.15, 0.2) is 27.6 Å². The smallest absolute Gasteiger partial charge is 0.244 e. The average molecular weight is 404 g/mol. The zero-order chi connectivity index (χ0) is 14.0. The van der Waals surface area contributed by atoms with Crippen molar-refractivity contribution in [2.45, 2.75) is 23.8 Å². The van der Waals surface area contributed by atoms with E-state index in [4.69, 9.17) is 11.6 Å². The summed E-state index contributed by atoms with van der Waals surface area (Å²) in [6.07, 6.45) is 1.65. The monoisotopic (exact) mass is 402 g/mol. The van der Waals surface area contributed by atoms with Crippen LogP contribution in [-0.4, -0.2) is 38.9 Å². The van der Waals surface area contributed by atoms with Gasteiger partial charge in [-0.15, -0.1) is 12.4 Å². The number of nitrogens with zero attached hydrogens (tertiary/aromatic N) is 1. The van der Waals surface area contributed by atoms with E-state index in [0.717, 1.165) is 30.4 Å². The molecule has 2 rings (SSSR count). The second kappa shape index (κ2) is 7.42. The summed E-state index contributed by atoms with van der Waals surface area (Å²) < 4.78 is 27.4. The fourth-order valence-electron chi connectivity index (χ4n) is 2.21. The Hall–Kier alpha value is 0.150. The molecule has 0 aromatic heterocycles. The van der Waals surface area contributed by atoms with Crippen LogP contribution < -0.4 is 5.32 Å². The lowest BCUT2D eigenvalue weighted by Gasteiger charge is -2.31. The SMILES string of the molecule is CN(C1CCNCC1)S(=O)(=O)c1ccc(Br)cc1Cl.Cl. The van der Waals surface area contributed by atoms with Crippen LogP contribution in [0, 0.1) is 0 Å². The highest BCUT2D eigenvalue weighted by molar-refractivity contribution is 9.10. The number of sulfonamides is 1. The molecule has 1 fully saturated rings. The molecular weight excluding hydrogens is 387 g/mol. The molecule has 0 bridgehead atoms. The Labute approximate surface area is 139 Å². The fourth-order valence-corrected chi connectivity index (χ4v) is 4.63. The number of halogens is 3. The molecule has 1 aromatic carbocycles. The number of hydrogen-bond donors (Lipinski definition) is 1. The minimum absolute atomic E-state index is 0. The van der Waals surface area contributed by atoms with E-state index in [0.29, 0.717) is 0 Å². The van der Waals surface area contributed by atoms with Gasteiger partial charge in [-0.3, -0.25) is 0 Å². The normalized spacial score (nSPS) is 17.0. The van der Waals surface area contributed by atoms with Crippen molar-refractivity contribution < 1.29 is 8.42 Å². The van der Waals surface area contributed by atoms with E-state index in [1.807, 2.05) is 0 Å². The molecule has 0 spiro atoms. The summed E-state index contributed by atoms with van der Waals surface area (Å²) in [7, 11) is -1.90. The van der Waals surface area contributed by atoms with Crippen molar-refractivity contribution in [3.63, 3.8) is 0 Å². The van der Waals surface area contributed by atoms with E-state index >= 15 is 0 Å². The van der Waals surface area contributed by atoms with Gasteiger partial charge in [0.25, 0.3) is 0 Å². The molecule has 0 aliphatic carbocycles. The van der Waals surface area contributed by atoms with Gasteiger partial charge in [0.1, 0.15) is 4.90 Å². The van der Waals surface area contributed by atoms with Gasteiger partial charge in [0.2, 0.25) is 10.0 Å². The quantitative estimate of drug-likeness (QED) is 0.843. The Bertz CT molecular complexity index is 563. The van der Waals surface area contributed by atoms with Crippen LogP contribution in [0.25, 0.3) is 0 Å². The van der Waals surface area contributed by atoms with Crippen molar-refractivity contribution in [3.05, 3.63) is 27.7 Å². The molecule has 1 saturated heterocycles. The van der Waals surface area contributed by atoms with Crippen LogP contribution in [0.5, 0.6) is 0 Å². The summed E-state index contributed by atoms with van der Waals surface area (Å²) in [6.45, 7) is 1.69. The Morgan fingerprint density at radius 2 is 1.95 bits per heavy atom. The topological polar surface area (TPSA) is 49.4 Å². The van der Waals surface area contributed by atoms with E-state index in [2.05, 4.69) is 21.2 Å². The van der Waals surface area contributed by atoms with Crippen molar-refractivity contribution in [2.75, 3.05) is 20.1 Å². The molecule has 0 unspecified atom stereocenters. The second-order valence-electron chi connectivity index (χ2n) is 4.58. The van der Waals surface area contributed by atoms with E-state index in [9.17, 15) is 8.42 Å². The van der Waals surface area contributed by atoms with Crippen LogP contribution in [0.4, 0.5) is 0 Å².